The van der Waals surface area contributed by atoms with E-state index in [1.54, 1.807) is 13.8 Å². The van der Waals surface area contributed by atoms with Crippen molar-refractivity contribution in [3.8, 4) is 0 Å². The minimum Gasteiger partial charge on any atom is -0.460 e. The summed E-state index contributed by atoms with van der Waals surface area (Å²) < 4.78 is 46.1. The second-order valence-corrected chi connectivity index (χ2v) is 9.26. The molecule has 1 aliphatic heterocycles. The minimum absolute atomic E-state index is 0.0246. The van der Waals surface area contributed by atoms with Crippen molar-refractivity contribution in [1.82, 2.24) is 5.32 Å². The molecule has 4 rings (SSSR count). The van der Waals surface area contributed by atoms with Crippen molar-refractivity contribution in [2.75, 3.05) is 13.2 Å². The van der Waals surface area contributed by atoms with Crippen LogP contribution in [0.15, 0.2) is 71.1 Å². The molecule has 1 atom stereocenters. The maximum absolute atomic E-state index is 15.1. The largest absolute Gasteiger partial charge is 0.460 e. The lowest BCUT2D eigenvalue weighted by atomic mass is 9.80. The molecule has 1 heterocycles. The van der Waals surface area contributed by atoms with Gasteiger partial charge in [-0.15, -0.1) is 0 Å². The topological polar surface area (TPSA) is 73.9 Å². The Bertz CT molecular complexity index is 1200. The zero-order chi connectivity index (χ0) is 26.4. The summed E-state index contributed by atoms with van der Waals surface area (Å²) in [5.74, 6) is -4.80. The Balaban J connectivity index is 1.55. The number of hydrogen-bond acceptors (Lipinski definition) is 6. The highest BCUT2D eigenvalue weighted by atomic mass is 19.2. The molecule has 0 bridgehead atoms. The van der Waals surface area contributed by atoms with E-state index in [4.69, 9.17) is 14.2 Å². The van der Waals surface area contributed by atoms with Crippen molar-refractivity contribution in [3.05, 3.63) is 93.8 Å². The van der Waals surface area contributed by atoms with Crippen LogP contribution in [0.2, 0.25) is 0 Å². The van der Waals surface area contributed by atoms with Gasteiger partial charge in [0.05, 0.1) is 30.3 Å². The Morgan fingerprint density at radius 3 is 2.27 bits per heavy atom. The molecular weight excluding hydrogens is 480 g/mol. The van der Waals surface area contributed by atoms with Crippen LogP contribution in [0.4, 0.5) is 8.78 Å². The SMILES string of the molecule is CC1=C(C(=O)OCCOCc2ccccc2)C(c2cccc(F)c2F)C(C(=O)OC2CCCC2)=C(C)N1. The molecule has 0 aromatic heterocycles. The molecule has 0 radical (unpaired) electrons. The highest BCUT2D eigenvalue weighted by Crippen LogP contribution is 2.41. The summed E-state index contributed by atoms with van der Waals surface area (Å²) in [7, 11) is 0. The molecule has 0 amide bonds. The van der Waals surface area contributed by atoms with Gasteiger partial charge in [0.25, 0.3) is 0 Å². The normalized spacial score (nSPS) is 18.1. The van der Waals surface area contributed by atoms with Gasteiger partial charge < -0.3 is 19.5 Å². The number of carbonyl (C=O) groups is 2. The van der Waals surface area contributed by atoms with E-state index in [0.29, 0.717) is 18.0 Å². The van der Waals surface area contributed by atoms with E-state index in [9.17, 15) is 14.0 Å². The lowest BCUT2D eigenvalue weighted by Gasteiger charge is -2.31. The van der Waals surface area contributed by atoms with Gasteiger partial charge in [-0.3, -0.25) is 0 Å². The van der Waals surface area contributed by atoms with Gasteiger partial charge in [-0.2, -0.15) is 0 Å². The average molecular weight is 512 g/mol. The molecule has 1 unspecified atom stereocenters. The summed E-state index contributed by atoms with van der Waals surface area (Å²) in [6, 6.07) is 13.3. The van der Waals surface area contributed by atoms with E-state index in [0.717, 1.165) is 37.3 Å². The van der Waals surface area contributed by atoms with Gasteiger partial charge in [0.15, 0.2) is 11.6 Å². The maximum Gasteiger partial charge on any atom is 0.337 e. The third kappa shape index (κ3) is 6.25. The number of benzene rings is 2. The first kappa shape index (κ1) is 26.5. The number of esters is 2. The summed E-state index contributed by atoms with van der Waals surface area (Å²) in [4.78, 5) is 26.6. The quantitative estimate of drug-likeness (QED) is 0.357. The van der Waals surface area contributed by atoms with Crippen molar-refractivity contribution >= 4 is 11.9 Å². The summed E-state index contributed by atoms with van der Waals surface area (Å²) in [5.41, 5.74) is 1.74. The van der Waals surface area contributed by atoms with Gasteiger partial charge in [-0.1, -0.05) is 42.5 Å². The first-order valence-electron chi connectivity index (χ1n) is 12.5. The predicted octanol–water partition coefficient (Wildman–Crippen LogP) is 5.45. The molecule has 0 spiro atoms. The highest BCUT2D eigenvalue weighted by molar-refractivity contribution is 6.00. The summed E-state index contributed by atoms with van der Waals surface area (Å²) in [6.07, 6.45) is 3.17. The Kier molecular flexibility index (Phi) is 8.71. The van der Waals surface area contributed by atoms with Crippen molar-refractivity contribution in [2.24, 2.45) is 0 Å². The Morgan fingerprint density at radius 2 is 1.57 bits per heavy atom. The van der Waals surface area contributed by atoms with Crippen molar-refractivity contribution in [3.63, 3.8) is 0 Å². The third-order valence-corrected chi connectivity index (χ3v) is 6.64. The molecule has 196 valence electrons. The summed E-state index contributed by atoms with van der Waals surface area (Å²) >= 11 is 0. The van der Waals surface area contributed by atoms with Gasteiger partial charge in [0.1, 0.15) is 12.7 Å². The van der Waals surface area contributed by atoms with Crippen LogP contribution in [-0.4, -0.2) is 31.3 Å². The Hall–Kier alpha value is -3.52. The van der Waals surface area contributed by atoms with Gasteiger partial charge in [-0.05, 0) is 51.2 Å². The third-order valence-electron chi connectivity index (χ3n) is 6.64. The number of dihydropyridines is 1. The molecule has 1 saturated carbocycles. The first-order chi connectivity index (χ1) is 17.9. The smallest absolute Gasteiger partial charge is 0.337 e. The number of allylic oxidation sites excluding steroid dienone is 2. The fourth-order valence-corrected chi connectivity index (χ4v) is 4.85. The van der Waals surface area contributed by atoms with Crippen LogP contribution in [0.5, 0.6) is 0 Å². The fraction of sp³-hybridized carbons (Fsp3) is 0.379. The molecule has 1 N–H and O–H groups in total. The zero-order valence-corrected chi connectivity index (χ0v) is 21.0. The number of ether oxygens (including phenoxy) is 3. The van der Waals surface area contributed by atoms with E-state index in [1.807, 2.05) is 30.3 Å². The average Bonchev–Trinajstić information content (AvgIpc) is 3.38. The number of carbonyl (C=O) groups excluding carboxylic acids is 2. The van der Waals surface area contributed by atoms with Crippen LogP contribution < -0.4 is 5.32 Å². The van der Waals surface area contributed by atoms with E-state index < -0.39 is 29.5 Å². The van der Waals surface area contributed by atoms with Crippen LogP contribution in [0.1, 0.15) is 56.6 Å². The van der Waals surface area contributed by atoms with Crippen LogP contribution in [0, 0.1) is 11.6 Å². The van der Waals surface area contributed by atoms with Crippen molar-refractivity contribution < 1.29 is 32.6 Å². The van der Waals surface area contributed by atoms with Crippen molar-refractivity contribution in [1.29, 1.82) is 0 Å². The molecule has 8 heteroatoms. The van der Waals surface area contributed by atoms with Gasteiger partial charge in [0, 0.05) is 17.0 Å². The van der Waals surface area contributed by atoms with Crippen LogP contribution in [0.3, 0.4) is 0 Å². The molecule has 6 nitrogen and oxygen atoms in total. The van der Waals surface area contributed by atoms with Crippen LogP contribution in [-0.2, 0) is 30.4 Å². The highest BCUT2D eigenvalue weighted by Gasteiger charge is 2.40. The van der Waals surface area contributed by atoms with E-state index in [1.165, 1.54) is 12.1 Å². The van der Waals surface area contributed by atoms with Crippen molar-refractivity contribution in [2.45, 2.75) is 58.2 Å². The van der Waals surface area contributed by atoms with Gasteiger partial charge in [-0.25, -0.2) is 18.4 Å². The zero-order valence-electron chi connectivity index (χ0n) is 21.0. The predicted molar refractivity (Wildman–Crippen MR) is 133 cm³/mol. The summed E-state index contributed by atoms with van der Waals surface area (Å²) in [5, 5.41) is 3.03. The molecule has 0 saturated heterocycles. The molecule has 2 aliphatic rings. The second-order valence-electron chi connectivity index (χ2n) is 9.26. The van der Waals surface area contributed by atoms with E-state index >= 15 is 4.39 Å². The summed E-state index contributed by atoms with van der Waals surface area (Å²) in [6.45, 7) is 3.74. The molecule has 2 aromatic rings. The van der Waals surface area contributed by atoms with Crippen LogP contribution >= 0.6 is 0 Å². The minimum atomic E-state index is -1.19. The van der Waals surface area contributed by atoms with E-state index in [2.05, 4.69) is 5.32 Å². The monoisotopic (exact) mass is 511 g/mol. The molecule has 2 aromatic carbocycles. The number of hydrogen-bond donors (Lipinski definition) is 1. The lowest BCUT2D eigenvalue weighted by Crippen LogP contribution is -2.34. The second kappa shape index (κ2) is 12.1. The Morgan fingerprint density at radius 1 is 0.892 bits per heavy atom. The Labute approximate surface area is 215 Å². The fourth-order valence-electron chi connectivity index (χ4n) is 4.85. The lowest BCUT2D eigenvalue weighted by molar-refractivity contribution is -0.144. The van der Waals surface area contributed by atoms with E-state index in [-0.39, 0.29) is 36.0 Å². The van der Waals surface area contributed by atoms with Gasteiger partial charge >= 0.3 is 11.9 Å². The standard InChI is InChI=1S/C29H31F2NO5/c1-18-24(28(33)36-16-15-35-17-20-9-4-3-5-10-20)26(22-13-8-14-23(30)27(22)31)25(19(2)32-18)29(34)37-21-11-6-7-12-21/h3-5,8-10,13-14,21,26,32H,6-7,11-12,15-17H2,1-2H3. The molecule has 37 heavy (non-hydrogen) atoms. The molecular formula is C29H31F2NO5. The molecule has 1 aliphatic carbocycles. The number of nitrogens with one attached hydrogen (secondary N) is 1. The first-order valence-corrected chi connectivity index (χ1v) is 12.5. The number of rotatable bonds is 9. The maximum atomic E-state index is 15.1. The number of halogens is 2. The van der Waals surface area contributed by atoms with Gasteiger partial charge in [0.2, 0.25) is 0 Å². The molecule has 1 fully saturated rings. The van der Waals surface area contributed by atoms with Crippen LogP contribution in [0.25, 0.3) is 0 Å².